The Bertz CT molecular complexity index is 430. The van der Waals surface area contributed by atoms with Gasteiger partial charge in [0.15, 0.2) is 5.82 Å². The molecule has 4 nitrogen and oxygen atoms in total. The first-order chi connectivity index (χ1) is 9.69. The van der Waals surface area contributed by atoms with Gasteiger partial charge < -0.3 is 10.6 Å². The van der Waals surface area contributed by atoms with Crippen LogP contribution in [0.15, 0.2) is 6.20 Å². The molecule has 1 aliphatic carbocycles. The standard InChI is InChI=1S/C15H25ClN4/c1-3-9-17-14-18-10-12(16)13(20-14)19-11-15(4-2)7-5-6-8-15/h10H,3-9,11H2,1-2H3,(H2,17,18,19,20). The van der Waals surface area contributed by atoms with E-state index in [2.05, 4.69) is 34.4 Å². The van der Waals surface area contributed by atoms with Crippen LogP contribution in [0.1, 0.15) is 52.4 Å². The van der Waals surface area contributed by atoms with Gasteiger partial charge in [-0.25, -0.2) is 4.98 Å². The second-order valence-electron chi connectivity index (χ2n) is 5.73. The summed E-state index contributed by atoms with van der Waals surface area (Å²) in [6.07, 6.45) is 9.23. The van der Waals surface area contributed by atoms with Crippen LogP contribution in [0.25, 0.3) is 0 Å². The van der Waals surface area contributed by atoms with Crippen molar-refractivity contribution in [1.82, 2.24) is 9.97 Å². The monoisotopic (exact) mass is 296 g/mol. The molecule has 1 saturated carbocycles. The molecular weight excluding hydrogens is 272 g/mol. The third-order valence-electron chi connectivity index (χ3n) is 4.32. The van der Waals surface area contributed by atoms with E-state index in [1.807, 2.05) is 0 Å². The van der Waals surface area contributed by atoms with E-state index >= 15 is 0 Å². The van der Waals surface area contributed by atoms with Crippen molar-refractivity contribution in [3.63, 3.8) is 0 Å². The number of nitrogens with one attached hydrogen (secondary N) is 2. The molecule has 0 aliphatic heterocycles. The first kappa shape index (κ1) is 15.4. The lowest BCUT2D eigenvalue weighted by molar-refractivity contribution is 0.306. The summed E-state index contributed by atoms with van der Waals surface area (Å²) in [5.74, 6) is 1.40. The van der Waals surface area contributed by atoms with Crippen molar-refractivity contribution in [2.45, 2.75) is 52.4 Å². The number of nitrogens with zero attached hydrogens (tertiary/aromatic N) is 2. The Morgan fingerprint density at radius 2 is 2.00 bits per heavy atom. The molecule has 2 N–H and O–H groups in total. The second-order valence-corrected chi connectivity index (χ2v) is 6.14. The van der Waals surface area contributed by atoms with Crippen LogP contribution in [0.2, 0.25) is 5.02 Å². The van der Waals surface area contributed by atoms with Gasteiger partial charge in [0.1, 0.15) is 5.02 Å². The van der Waals surface area contributed by atoms with Gasteiger partial charge in [-0.1, -0.05) is 38.3 Å². The van der Waals surface area contributed by atoms with Crippen molar-refractivity contribution < 1.29 is 0 Å². The Kier molecular flexibility index (Phi) is 5.46. The summed E-state index contributed by atoms with van der Waals surface area (Å²) in [7, 11) is 0. The van der Waals surface area contributed by atoms with E-state index in [0.717, 1.165) is 25.3 Å². The van der Waals surface area contributed by atoms with Crippen LogP contribution >= 0.6 is 11.6 Å². The fourth-order valence-electron chi connectivity index (χ4n) is 2.86. The molecule has 0 unspecified atom stereocenters. The first-order valence-electron chi connectivity index (χ1n) is 7.69. The van der Waals surface area contributed by atoms with Crippen LogP contribution in [0.3, 0.4) is 0 Å². The van der Waals surface area contributed by atoms with Gasteiger partial charge in [0.25, 0.3) is 0 Å². The molecule has 0 saturated heterocycles. The Labute approximate surface area is 126 Å². The molecule has 1 heterocycles. The molecule has 0 bridgehead atoms. The fourth-order valence-corrected chi connectivity index (χ4v) is 3.02. The largest absolute Gasteiger partial charge is 0.368 e. The van der Waals surface area contributed by atoms with Gasteiger partial charge in [-0.05, 0) is 31.1 Å². The van der Waals surface area contributed by atoms with Gasteiger partial charge in [-0.3, -0.25) is 0 Å². The minimum Gasteiger partial charge on any atom is -0.368 e. The lowest BCUT2D eigenvalue weighted by atomic mass is 9.83. The average molecular weight is 297 g/mol. The smallest absolute Gasteiger partial charge is 0.224 e. The molecule has 0 spiro atoms. The highest BCUT2D eigenvalue weighted by atomic mass is 35.5. The molecular formula is C15H25ClN4. The second kappa shape index (κ2) is 7.11. The van der Waals surface area contributed by atoms with E-state index in [1.54, 1.807) is 6.20 Å². The van der Waals surface area contributed by atoms with Gasteiger partial charge in [0, 0.05) is 13.1 Å². The van der Waals surface area contributed by atoms with Crippen LogP contribution in [-0.4, -0.2) is 23.1 Å². The molecule has 2 rings (SSSR count). The maximum absolute atomic E-state index is 6.19. The highest BCUT2D eigenvalue weighted by Gasteiger charge is 2.31. The van der Waals surface area contributed by atoms with Gasteiger partial charge in [0.05, 0.1) is 6.20 Å². The molecule has 0 radical (unpaired) electrons. The third-order valence-corrected chi connectivity index (χ3v) is 4.60. The summed E-state index contributed by atoms with van der Waals surface area (Å²) in [4.78, 5) is 8.67. The van der Waals surface area contributed by atoms with E-state index in [9.17, 15) is 0 Å². The van der Waals surface area contributed by atoms with Crippen molar-refractivity contribution in [2.24, 2.45) is 5.41 Å². The van der Waals surface area contributed by atoms with Crippen LogP contribution in [0, 0.1) is 5.41 Å². The zero-order chi connectivity index (χ0) is 14.4. The summed E-state index contributed by atoms with van der Waals surface area (Å²) in [5, 5.41) is 7.23. The summed E-state index contributed by atoms with van der Waals surface area (Å²) in [6.45, 7) is 6.23. The zero-order valence-corrected chi connectivity index (χ0v) is 13.3. The SMILES string of the molecule is CCCNc1ncc(Cl)c(NCC2(CC)CCCC2)n1. The molecule has 20 heavy (non-hydrogen) atoms. The number of anilines is 2. The molecule has 5 heteroatoms. The van der Waals surface area contributed by atoms with Crippen LogP contribution in [0.5, 0.6) is 0 Å². The molecule has 1 aliphatic rings. The quantitative estimate of drug-likeness (QED) is 0.786. The zero-order valence-electron chi connectivity index (χ0n) is 12.5. The summed E-state index contributed by atoms with van der Waals surface area (Å²) in [5.41, 5.74) is 0.422. The normalized spacial score (nSPS) is 17.1. The molecule has 0 aromatic carbocycles. The molecule has 112 valence electrons. The lowest BCUT2D eigenvalue weighted by Gasteiger charge is -2.28. The Morgan fingerprint density at radius 1 is 1.25 bits per heavy atom. The van der Waals surface area contributed by atoms with E-state index in [4.69, 9.17) is 11.6 Å². The predicted octanol–water partition coefficient (Wildman–Crippen LogP) is 4.33. The molecule has 1 fully saturated rings. The Morgan fingerprint density at radius 3 is 2.65 bits per heavy atom. The number of aromatic nitrogens is 2. The van der Waals surface area contributed by atoms with Crippen LogP contribution < -0.4 is 10.6 Å². The summed E-state index contributed by atoms with van der Waals surface area (Å²) in [6, 6.07) is 0. The topological polar surface area (TPSA) is 49.8 Å². The van der Waals surface area contributed by atoms with Gasteiger partial charge in [-0.2, -0.15) is 4.98 Å². The number of rotatable bonds is 7. The fraction of sp³-hybridized carbons (Fsp3) is 0.733. The van der Waals surface area contributed by atoms with Crippen LogP contribution in [0.4, 0.5) is 11.8 Å². The average Bonchev–Trinajstić information content (AvgIpc) is 2.94. The van der Waals surface area contributed by atoms with E-state index in [0.29, 0.717) is 16.4 Å². The van der Waals surface area contributed by atoms with Crippen molar-refractivity contribution in [1.29, 1.82) is 0 Å². The van der Waals surface area contributed by atoms with E-state index < -0.39 is 0 Å². The predicted molar refractivity (Wildman–Crippen MR) is 85.5 cm³/mol. The van der Waals surface area contributed by atoms with Gasteiger partial charge >= 0.3 is 0 Å². The van der Waals surface area contributed by atoms with Crippen molar-refractivity contribution in [3.8, 4) is 0 Å². The van der Waals surface area contributed by atoms with E-state index in [-0.39, 0.29) is 0 Å². The lowest BCUT2D eigenvalue weighted by Crippen LogP contribution is -2.26. The van der Waals surface area contributed by atoms with Crippen molar-refractivity contribution in [2.75, 3.05) is 23.7 Å². The highest BCUT2D eigenvalue weighted by molar-refractivity contribution is 6.32. The maximum atomic E-state index is 6.19. The molecule has 0 atom stereocenters. The Hall–Kier alpha value is -1.03. The van der Waals surface area contributed by atoms with Crippen molar-refractivity contribution in [3.05, 3.63) is 11.2 Å². The number of hydrogen-bond acceptors (Lipinski definition) is 4. The first-order valence-corrected chi connectivity index (χ1v) is 8.07. The summed E-state index contributed by atoms with van der Waals surface area (Å²) >= 11 is 6.19. The summed E-state index contributed by atoms with van der Waals surface area (Å²) < 4.78 is 0. The van der Waals surface area contributed by atoms with Gasteiger partial charge in [0.2, 0.25) is 5.95 Å². The van der Waals surface area contributed by atoms with Crippen molar-refractivity contribution >= 4 is 23.4 Å². The molecule has 1 aromatic heterocycles. The molecule has 0 amide bonds. The minimum atomic E-state index is 0.422. The Balaban J connectivity index is 2.00. The third kappa shape index (κ3) is 3.75. The number of halogens is 1. The van der Waals surface area contributed by atoms with Crippen LogP contribution in [-0.2, 0) is 0 Å². The number of hydrogen-bond donors (Lipinski definition) is 2. The highest BCUT2D eigenvalue weighted by Crippen LogP contribution is 2.41. The minimum absolute atomic E-state index is 0.422. The molecule has 1 aromatic rings. The maximum Gasteiger partial charge on any atom is 0.224 e. The van der Waals surface area contributed by atoms with Gasteiger partial charge in [-0.15, -0.1) is 0 Å². The van der Waals surface area contributed by atoms with E-state index in [1.165, 1.54) is 32.1 Å².